The fourth-order valence-electron chi connectivity index (χ4n) is 7.96. The number of hydrogen-bond donors (Lipinski definition) is 2. The predicted molar refractivity (Wildman–Crippen MR) is 111 cm³/mol. The molecule has 3 saturated carbocycles. The number of nitrogens with two attached hydrogens (primary N) is 1. The highest BCUT2D eigenvalue weighted by Gasteiger charge is 2.79. The highest BCUT2D eigenvalue weighted by molar-refractivity contribution is 6.01. The molecule has 4 aliphatic carbocycles. The number of Topliss-reactive ketones (excluding diaryl/α,β-unsaturated/α-hetero) is 1. The number of ether oxygens (including phenoxy) is 2. The van der Waals surface area contributed by atoms with Gasteiger partial charge in [-0.25, -0.2) is 4.39 Å². The van der Waals surface area contributed by atoms with Gasteiger partial charge < -0.3 is 20.3 Å². The average molecular weight is 434 g/mol. The summed E-state index contributed by atoms with van der Waals surface area (Å²) < 4.78 is 29.7. The van der Waals surface area contributed by atoms with E-state index in [4.69, 9.17) is 15.2 Å². The van der Waals surface area contributed by atoms with Crippen LogP contribution in [0.4, 0.5) is 4.39 Å². The molecule has 0 spiro atoms. The van der Waals surface area contributed by atoms with Crippen molar-refractivity contribution in [2.45, 2.75) is 82.6 Å². The van der Waals surface area contributed by atoms with Crippen LogP contribution in [0.5, 0.6) is 0 Å². The van der Waals surface area contributed by atoms with E-state index in [0.717, 1.165) is 5.57 Å². The van der Waals surface area contributed by atoms with Crippen molar-refractivity contribution in [1.29, 1.82) is 0 Å². The molecule has 0 bridgehead atoms. The maximum absolute atomic E-state index is 17.2. The van der Waals surface area contributed by atoms with Crippen LogP contribution in [0.1, 0.15) is 53.4 Å². The second kappa shape index (κ2) is 6.13. The Kier molecular flexibility index (Phi) is 4.24. The van der Waals surface area contributed by atoms with Crippen LogP contribution in [-0.4, -0.2) is 52.5 Å². The van der Waals surface area contributed by atoms with Gasteiger partial charge >= 0.3 is 0 Å². The minimum atomic E-state index is -1.94. The van der Waals surface area contributed by atoms with Gasteiger partial charge in [0.15, 0.2) is 28.6 Å². The van der Waals surface area contributed by atoms with E-state index in [2.05, 4.69) is 0 Å². The van der Waals surface area contributed by atoms with Crippen molar-refractivity contribution < 1.29 is 28.6 Å². The number of alkyl halides is 1. The Balaban J connectivity index is 1.64. The fourth-order valence-corrected chi connectivity index (χ4v) is 7.96. The Morgan fingerprint density at radius 3 is 2.68 bits per heavy atom. The third-order valence-corrected chi connectivity index (χ3v) is 9.23. The minimum Gasteiger partial charge on any atom is -0.390 e. The third kappa shape index (κ3) is 2.31. The molecule has 4 unspecified atom stereocenters. The van der Waals surface area contributed by atoms with Gasteiger partial charge in [-0.2, -0.15) is 0 Å². The maximum Gasteiger partial charge on any atom is 0.181 e. The first kappa shape index (κ1) is 21.4. The Labute approximate surface area is 182 Å². The molecular weight excluding hydrogens is 401 g/mol. The fraction of sp³-hybridized carbons (Fsp3) is 0.750. The van der Waals surface area contributed by atoms with Crippen LogP contribution in [-0.2, 0) is 19.1 Å². The van der Waals surface area contributed by atoms with Crippen molar-refractivity contribution in [2.24, 2.45) is 28.4 Å². The molecule has 0 radical (unpaired) electrons. The van der Waals surface area contributed by atoms with Gasteiger partial charge in [0.05, 0.1) is 18.8 Å². The predicted octanol–water partition coefficient (Wildman–Crippen LogP) is 2.39. The summed E-state index contributed by atoms with van der Waals surface area (Å²) >= 11 is 0. The summed E-state index contributed by atoms with van der Waals surface area (Å²) in [5.41, 5.74) is 1.44. The lowest BCUT2D eigenvalue weighted by atomic mass is 9.44. The average Bonchev–Trinajstić information content (AvgIpc) is 3.09. The lowest BCUT2D eigenvalue weighted by Gasteiger charge is -2.62. The van der Waals surface area contributed by atoms with E-state index >= 15 is 4.39 Å². The van der Waals surface area contributed by atoms with Gasteiger partial charge in [0.1, 0.15) is 0 Å². The Morgan fingerprint density at radius 1 is 1.29 bits per heavy atom. The van der Waals surface area contributed by atoms with Gasteiger partial charge in [-0.05, 0) is 64.5 Å². The lowest BCUT2D eigenvalue weighted by Crippen LogP contribution is -2.70. The first-order valence-electron chi connectivity index (χ1n) is 11.3. The molecule has 0 aromatic carbocycles. The summed E-state index contributed by atoms with van der Waals surface area (Å²) in [4.78, 5) is 25.2. The maximum atomic E-state index is 17.2. The Morgan fingerprint density at radius 2 is 2.00 bits per heavy atom. The van der Waals surface area contributed by atoms with Crippen molar-refractivity contribution >= 4 is 11.6 Å². The van der Waals surface area contributed by atoms with Crippen molar-refractivity contribution in [2.75, 3.05) is 6.54 Å². The van der Waals surface area contributed by atoms with Crippen LogP contribution in [0.2, 0.25) is 0 Å². The largest absolute Gasteiger partial charge is 0.390 e. The van der Waals surface area contributed by atoms with E-state index in [9.17, 15) is 14.7 Å². The highest BCUT2D eigenvalue weighted by Crippen LogP contribution is 2.72. The van der Waals surface area contributed by atoms with E-state index < -0.39 is 46.0 Å². The van der Waals surface area contributed by atoms with Crippen LogP contribution >= 0.6 is 0 Å². The van der Waals surface area contributed by atoms with Crippen LogP contribution in [0, 0.1) is 22.7 Å². The SMILES string of the molecule is CC1(C)O[C@H]2CC3C4CCC5=CC(=O)C=CC5(C)[C@@]4(F)[C@@H](O)CC3(C)[C@]2(C(=O)CN)O1. The zero-order valence-corrected chi connectivity index (χ0v) is 18.6. The van der Waals surface area contributed by atoms with Gasteiger partial charge in [-0.15, -0.1) is 0 Å². The minimum absolute atomic E-state index is 0.0665. The number of aliphatic hydroxyl groups is 1. The molecule has 170 valence electrons. The number of allylic oxidation sites excluding steroid dienone is 4. The zero-order chi connectivity index (χ0) is 22.6. The number of fused-ring (bicyclic) bond motifs is 7. The number of aliphatic hydroxyl groups excluding tert-OH is 1. The smallest absolute Gasteiger partial charge is 0.181 e. The molecule has 1 saturated heterocycles. The molecule has 1 heterocycles. The molecule has 5 aliphatic rings. The number of carbonyl (C=O) groups excluding carboxylic acids is 2. The van der Waals surface area contributed by atoms with Crippen molar-refractivity contribution in [1.82, 2.24) is 0 Å². The van der Waals surface area contributed by atoms with Crippen molar-refractivity contribution in [3.63, 3.8) is 0 Å². The molecule has 0 amide bonds. The van der Waals surface area contributed by atoms with Crippen LogP contribution in [0.15, 0.2) is 23.8 Å². The monoisotopic (exact) mass is 433 g/mol. The zero-order valence-electron chi connectivity index (χ0n) is 18.6. The van der Waals surface area contributed by atoms with Gasteiger partial charge in [0, 0.05) is 16.7 Å². The second-order valence-electron chi connectivity index (χ2n) is 11.0. The van der Waals surface area contributed by atoms with Crippen LogP contribution in [0.3, 0.4) is 0 Å². The molecule has 5 rings (SSSR count). The van der Waals surface area contributed by atoms with Gasteiger partial charge in [-0.3, -0.25) is 9.59 Å². The number of rotatable bonds is 2. The molecule has 4 fully saturated rings. The van der Waals surface area contributed by atoms with Gasteiger partial charge in [-0.1, -0.05) is 18.6 Å². The first-order chi connectivity index (χ1) is 14.4. The molecular formula is C24H32FNO5. The third-order valence-electron chi connectivity index (χ3n) is 9.23. The van der Waals surface area contributed by atoms with Crippen molar-refractivity contribution in [3.8, 4) is 0 Å². The lowest BCUT2D eigenvalue weighted by molar-refractivity contribution is -0.245. The second-order valence-corrected chi connectivity index (χ2v) is 11.0. The number of halogens is 1. The van der Waals surface area contributed by atoms with E-state index in [1.165, 1.54) is 12.2 Å². The highest BCUT2D eigenvalue weighted by atomic mass is 19.1. The summed E-state index contributed by atoms with van der Waals surface area (Å²) in [5, 5.41) is 11.4. The molecule has 6 nitrogen and oxygen atoms in total. The molecule has 3 N–H and O–H groups in total. The molecule has 31 heavy (non-hydrogen) atoms. The first-order valence-corrected chi connectivity index (χ1v) is 11.3. The Hall–Kier alpha value is -1.41. The summed E-state index contributed by atoms with van der Waals surface area (Å²) in [5.74, 6) is -2.07. The molecule has 0 aromatic rings. The number of hydrogen-bond acceptors (Lipinski definition) is 6. The van der Waals surface area contributed by atoms with Crippen molar-refractivity contribution in [3.05, 3.63) is 23.8 Å². The van der Waals surface area contributed by atoms with Gasteiger partial charge in [0.25, 0.3) is 0 Å². The Bertz CT molecular complexity index is 929. The number of ketones is 2. The van der Waals surface area contributed by atoms with E-state index in [1.807, 2.05) is 6.92 Å². The standard InChI is InChI=1S/C24H32FNO5/c1-20(2)30-19-10-16-15-6-5-13-9-14(27)7-8-21(13,3)23(15,25)17(28)11-22(16,4)24(19,31-20)18(29)12-26/h7-9,15-17,19,28H,5-6,10-12,26H2,1-4H3/t15?,16?,17-,19-,21?,22?,23-,24+/m0/s1. The van der Waals surface area contributed by atoms with E-state index in [-0.39, 0.29) is 30.4 Å². The summed E-state index contributed by atoms with van der Waals surface area (Å²) in [7, 11) is 0. The van der Waals surface area contributed by atoms with Crippen LogP contribution in [0.25, 0.3) is 0 Å². The topological polar surface area (TPSA) is 98.9 Å². The summed E-state index contributed by atoms with van der Waals surface area (Å²) in [6.07, 6.45) is 4.34. The van der Waals surface area contributed by atoms with Crippen LogP contribution < -0.4 is 5.73 Å². The normalized spacial score (nSPS) is 52.1. The molecule has 7 heteroatoms. The summed E-state index contributed by atoms with van der Waals surface area (Å²) in [6, 6.07) is 0. The van der Waals surface area contributed by atoms with Gasteiger partial charge in [0.2, 0.25) is 0 Å². The van der Waals surface area contributed by atoms with E-state index in [1.54, 1.807) is 26.8 Å². The quantitative estimate of drug-likeness (QED) is 0.694. The number of carbonyl (C=O) groups is 2. The van der Waals surface area contributed by atoms with E-state index in [0.29, 0.717) is 19.3 Å². The molecule has 1 aliphatic heterocycles. The summed E-state index contributed by atoms with van der Waals surface area (Å²) in [6.45, 7) is 7.07. The molecule has 8 atom stereocenters. The molecule has 0 aromatic heterocycles.